The van der Waals surface area contributed by atoms with Gasteiger partial charge in [-0.2, -0.15) is 0 Å². The van der Waals surface area contributed by atoms with Gasteiger partial charge in [0.15, 0.2) is 0 Å². The Labute approximate surface area is 290 Å². The van der Waals surface area contributed by atoms with Crippen LogP contribution in [0.15, 0.2) is 176 Å². The van der Waals surface area contributed by atoms with Gasteiger partial charge in [0, 0.05) is 5.92 Å². The molecular formula is C50H32. The molecule has 0 spiro atoms. The van der Waals surface area contributed by atoms with Gasteiger partial charge >= 0.3 is 0 Å². The predicted molar refractivity (Wildman–Crippen MR) is 216 cm³/mol. The minimum absolute atomic E-state index is 0.314. The molecule has 0 saturated heterocycles. The first-order valence-corrected chi connectivity index (χ1v) is 17.7. The zero-order valence-electron chi connectivity index (χ0n) is 27.5. The third kappa shape index (κ3) is 4.12. The lowest BCUT2D eigenvalue weighted by atomic mass is 9.82. The highest BCUT2D eigenvalue weighted by atomic mass is 14.2. The van der Waals surface area contributed by atoms with Crippen LogP contribution in [0.1, 0.15) is 23.5 Å². The lowest BCUT2D eigenvalue weighted by Crippen LogP contribution is -2.02. The molecule has 0 fully saturated rings. The van der Waals surface area contributed by atoms with Crippen LogP contribution in [-0.4, -0.2) is 0 Å². The molecule has 10 aromatic rings. The number of hydrogen-bond acceptors (Lipinski definition) is 0. The third-order valence-corrected chi connectivity index (χ3v) is 11.3. The summed E-state index contributed by atoms with van der Waals surface area (Å²) < 4.78 is 0. The Balaban J connectivity index is 0.952. The molecule has 1 unspecified atom stereocenters. The van der Waals surface area contributed by atoms with Crippen LogP contribution in [0.5, 0.6) is 0 Å². The number of benzene rings is 10. The summed E-state index contributed by atoms with van der Waals surface area (Å²) >= 11 is 0. The first kappa shape index (κ1) is 27.7. The molecule has 0 saturated carbocycles. The maximum Gasteiger partial charge on any atom is 0.00619 e. The summed E-state index contributed by atoms with van der Waals surface area (Å²) in [4.78, 5) is 0. The molecule has 0 nitrogen and oxygen atoms in total. The zero-order valence-corrected chi connectivity index (χ0v) is 27.5. The van der Waals surface area contributed by atoms with Crippen molar-refractivity contribution < 1.29 is 0 Å². The minimum Gasteiger partial charge on any atom is -0.0767 e. The highest BCUT2D eigenvalue weighted by molar-refractivity contribution is 6.26. The van der Waals surface area contributed by atoms with E-state index in [0.29, 0.717) is 5.92 Å². The molecule has 10 aromatic carbocycles. The Bertz CT molecular complexity index is 2980. The average molecular weight is 633 g/mol. The van der Waals surface area contributed by atoms with E-state index < -0.39 is 0 Å². The summed E-state index contributed by atoms with van der Waals surface area (Å²) in [5, 5.41) is 16.0. The smallest absolute Gasteiger partial charge is 0.00619 e. The van der Waals surface area contributed by atoms with Crippen LogP contribution in [0.2, 0.25) is 0 Å². The van der Waals surface area contributed by atoms with Crippen molar-refractivity contribution in [1.82, 2.24) is 0 Å². The molecular weight excluding hydrogens is 601 g/mol. The summed E-state index contributed by atoms with van der Waals surface area (Å²) in [5.74, 6) is 0.314. The van der Waals surface area contributed by atoms with E-state index in [1.165, 1.54) is 104 Å². The van der Waals surface area contributed by atoms with Gasteiger partial charge in [0.2, 0.25) is 0 Å². The molecule has 0 bridgehead atoms. The van der Waals surface area contributed by atoms with Gasteiger partial charge in [-0.05, 0) is 116 Å². The molecule has 50 heavy (non-hydrogen) atoms. The normalized spacial score (nSPS) is 15.0. The second-order valence-electron chi connectivity index (χ2n) is 14.0. The van der Waals surface area contributed by atoms with Gasteiger partial charge in [0.25, 0.3) is 0 Å². The van der Waals surface area contributed by atoms with Crippen molar-refractivity contribution in [3.8, 4) is 22.3 Å². The van der Waals surface area contributed by atoms with Gasteiger partial charge < -0.3 is 0 Å². The third-order valence-electron chi connectivity index (χ3n) is 11.3. The molecule has 0 heterocycles. The molecule has 0 aromatic heterocycles. The van der Waals surface area contributed by atoms with E-state index in [2.05, 4.69) is 176 Å². The van der Waals surface area contributed by atoms with Crippen molar-refractivity contribution in [2.75, 3.05) is 0 Å². The average Bonchev–Trinajstić information content (AvgIpc) is 3.19. The molecule has 1 aliphatic rings. The van der Waals surface area contributed by atoms with Gasteiger partial charge in [-0.25, -0.2) is 0 Å². The highest BCUT2D eigenvalue weighted by Gasteiger charge is 2.19. The minimum atomic E-state index is 0.314. The van der Waals surface area contributed by atoms with E-state index in [4.69, 9.17) is 0 Å². The summed E-state index contributed by atoms with van der Waals surface area (Å²) in [6, 6.07) is 59.1. The van der Waals surface area contributed by atoms with Crippen LogP contribution in [0.4, 0.5) is 0 Å². The van der Waals surface area contributed by atoms with E-state index in [1.54, 1.807) is 0 Å². The first-order valence-electron chi connectivity index (χ1n) is 17.7. The molecule has 11 rings (SSSR count). The van der Waals surface area contributed by atoms with E-state index in [0.717, 1.165) is 6.42 Å². The van der Waals surface area contributed by atoms with Crippen LogP contribution in [0.3, 0.4) is 0 Å². The van der Waals surface area contributed by atoms with Crippen LogP contribution in [0.25, 0.3) is 92.5 Å². The van der Waals surface area contributed by atoms with Gasteiger partial charge in [0.1, 0.15) is 0 Å². The second-order valence-corrected chi connectivity index (χ2v) is 14.0. The van der Waals surface area contributed by atoms with Crippen molar-refractivity contribution in [1.29, 1.82) is 0 Å². The fourth-order valence-corrected chi connectivity index (χ4v) is 8.93. The van der Waals surface area contributed by atoms with Gasteiger partial charge in [0.05, 0.1) is 0 Å². The highest BCUT2D eigenvalue weighted by Crippen LogP contribution is 2.43. The predicted octanol–water partition coefficient (Wildman–Crippen LogP) is 13.9. The van der Waals surface area contributed by atoms with Gasteiger partial charge in [-0.15, -0.1) is 0 Å². The Morgan fingerprint density at radius 1 is 0.380 bits per heavy atom. The summed E-state index contributed by atoms with van der Waals surface area (Å²) in [7, 11) is 0. The van der Waals surface area contributed by atoms with Crippen molar-refractivity contribution in [2.45, 2.75) is 12.3 Å². The Hall–Kier alpha value is -6.24. The van der Waals surface area contributed by atoms with E-state index in [-0.39, 0.29) is 0 Å². The van der Waals surface area contributed by atoms with E-state index >= 15 is 0 Å². The molecule has 0 N–H and O–H groups in total. The summed E-state index contributed by atoms with van der Waals surface area (Å²) in [6.07, 6.45) is 7.95. The van der Waals surface area contributed by atoms with Crippen molar-refractivity contribution >= 4 is 70.2 Å². The molecule has 0 aliphatic heterocycles. The summed E-state index contributed by atoms with van der Waals surface area (Å²) in [6.45, 7) is 0. The standard InChI is InChI=1S/C50H32/c1-6-31-16-18-35-20-24-43(45-26-22-33(8-1)47(31)49(35)45)41-14-4-12-39(29-41)37-10-3-11-38(28-37)40-13-5-15-42(30-40)44-25-21-36-19-17-32-7-2-9-34-23-27-46(44)50(36)48(32)34/h1-29,40H,30H2. The topological polar surface area (TPSA) is 0 Å². The zero-order chi connectivity index (χ0) is 32.8. The van der Waals surface area contributed by atoms with Crippen molar-refractivity contribution in [3.63, 3.8) is 0 Å². The van der Waals surface area contributed by atoms with Crippen LogP contribution in [-0.2, 0) is 0 Å². The second kappa shape index (κ2) is 10.6. The number of hydrogen-bond donors (Lipinski definition) is 0. The van der Waals surface area contributed by atoms with Gasteiger partial charge in [-0.1, -0.05) is 170 Å². The maximum atomic E-state index is 2.41. The molecule has 0 heteroatoms. The van der Waals surface area contributed by atoms with Crippen LogP contribution >= 0.6 is 0 Å². The van der Waals surface area contributed by atoms with Crippen molar-refractivity contribution in [3.05, 3.63) is 187 Å². The molecule has 0 amide bonds. The Morgan fingerprint density at radius 2 is 0.860 bits per heavy atom. The fraction of sp³-hybridized carbons (Fsp3) is 0.0400. The number of rotatable bonds is 4. The molecule has 1 atom stereocenters. The molecule has 0 radical (unpaired) electrons. The number of allylic oxidation sites excluding steroid dienone is 4. The molecule has 232 valence electrons. The van der Waals surface area contributed by atoms with E-state index in [9.17, 15) is 0 Å². The van der Waals surface area contributed by atoms with Gasteiger partial charge in [-0.3, -0.25) is 0 Å². The quantitative estimate of drug-likeness (QED) is 0.169. The fourth-order valence-electron chi connectivity index (χ4n) is 8.93. The van der Waals surface area contributed by atoms with E-state index in [1.807, 2.05) is 0 Å². The van der Waals surface area contributed by atoms with Crippen molar-refractivity contribution in [2.24, 2.45) is 0 Å². The Kier molecular flexibility index (Phi) is 5.89. The SMILES string of the molecule is C1=CC(c2cccc(-c3cccc(-c4ccc5ccc6cccc7ccc4c5c67)c3)c2)CC(c2ccc3ccc4cccc5ccc2c3c45)=C1. The largest absolute Gasteiger partial charge is 0.0767 e. The Morgan fingerprint density at radius 3 is 1.52 bits per heavy atom. The molecule has 1 aliphatic carbocycles. The summed E-state index contributed by atoms with van der Waals surface area (Å²) in [5.41, 5.74) is 9.15. The lowest BCUT2D eigenvalue weighted by molar-refractivity contribution is 0.869. The van der Waals surface area contributed by atoms with Crippen LogP contribution in [0, 0.1) is 0 Å². The first-order chi connectivity index (χ1) is 24.8. The lowest BCUT2D eigenvalue weighted by Gasteiger charge is -2.22. The monoisotopic (exact) mass is 632 g/mol. The van der Waals surface area contributed by atoms with Crippen LogP contribution < -0.4 is 0 Å². The maximum absolute atomic E-state index is 2.41.